The highest BCUT2D eigenvalue weighted by Gasteiger charge is 2.41. The molecule has 2 aliphatic rings. The maximum atomic E-state index is 15.2. The van der Waals surface area contributed by atoms with Gasteiger partial charge < -0.3 is 15.1 Å². The average molecular weight is 551 g/mol. The largest absolute Gasteiger partial charge is 0.416 e. The molecule has 1 aromatic heterocycles. The summed E-state index contributed by atoms with van der Waals surface area (Å²) in [4.78, 5) is 37.0. The SMILES string of the molecule is Cc1cc(C(F)(F)F)cc(N2C(=O)CCC2C(=O)N(C)c2cccc(F)c2N(C)CC(C)N2CCNCC2)n1. The minimum atomic E-state index is -4.63. The Bertz CT molecular complexity index is 1220. The number of hydrogen-bond acceptors (Lipinski definition) is 6. The summed E-state index contributed by atoms with van der Waals surface area (Å²) in [6.45, 7) is 7.51. The number of amides is 2. The molecule has 2 atom stereocenters. The normalized spacial score (nSPS) is 19.3. The number of benzene rings is 1. The predicted octanol–water partition coefficient (Wildman–Crippen LogP) is 3.44. The molecule has 2 saturated heterocycles. The van der Waals surface area contributed by atoms with Crippen molar-refractivity contribution < 1.29 is 27.2 Å². The van der Waals surface area contributed by atoms with E-state index in [1.54, 1.807) is 18.0 Å². The fourth-order valence-electron chi connectivity index (χ4n) is 5.36. The van der Waals surface area contributed by atoms with Crippen molar-refractivity contribution in [2.75, 3.05) is 61.5 Å². The molecule has 2 amide bonds. The van der Waals surface area contributed by atoms with Gasteiger partial charge in [0.15, 0.2) is 0 Å². The lowest BCUT2D eigenvalue weighted by molar-refractivity contribution is -0.137. The molecule has 212 valence electrons. The molecule has 2 aliphatic heterocycles. The van der Waals surface area contributed by atoms with Crippen LogP contribution in [0.1, 0.15) is 31.0 Å². The van der Waals surface area contributed by atoms with Gasteiger partial charge in [-0.15, -0.1) is 0 Å². The number of aryl methyl sites for hydroxylation is 1. The van der Waals surface area contributed by atoms with Gasteiger partial charge in [-0.25, -0.2) is 9.37 Å². The molecule has 0 aliphatic carbocycles. The van der Waals surface area contributed by atoms with Gasteiger partial charge in [-0.3, -0.25) is 19.4 Å². The fourth-order valence-corrected chi connectivity index (χ4v) is 5.36. The number of nitrogens with one attached hydrogen (secondary N) is 1. The van der Waals surface area contributed by atoms with Crippen LogP contribution in [0.4, 0.5) is 34.8 Å². The van der Waals surface area contributed by atoms with Gasteiger partial charge in [0.2, 0.25) is 11.8 Å². The van der Waals surface area contributed by atoms with Crippen molar-refractivity contribution in [1.29, 1.82) is 0 Å². The number of likely N-dealkylation sites (N-methyl/N-ethyl adjacent to an activating group) is 2. The van der Waals surface area contributed by atoms with Gasteiger partial charge in [0.25, 0.3) is 0 Å². The zero-order chi connectivity index (χ0) is 28.5. The van der Waals surface area contributed by atoms with Crippen LogP contribution >= 0.6 is 0 Å². The van der Waals surface area contributed by atoms with E-state index >= 15 is 4.39 Å². The lowest BCUT2D eigenvalue weighted by atomic mass is 10.1. The number of piperazine rings is 1. The number of nitrogens with zero attached hydrogens (tertiary/aromatic N) is 5. The molecule has 2 unspecified atom stereocenters. The lowest BCUT2D eigenvalue weighted by Crippen LogP contribution is -2.50. The zero-order valence-corrected chi connectivity index (χ0v) is 22.6. The number of halogens is 4. The highest BCUT2D eigenvalue weighted by atomic mass is 19.4. The minimum absolute atomic E-state index is 0.0145. The Hall–Kier alpha value is -3.25. The maximum absolute atomic E-state index is 15.2. The number of anilines is 3. The molecule has 0 bridgehead atoms. The van der Waals surface area contributed by atoms with Gasteiger partial charge >= 0.3 is 6.18 Å². The Balaban J connectivity index is 1.61. The number of rotatable bonds is 7. The third kappa shape index (κ3) is 6.17. The first kappa shape index (κ1) is 28.8. The standard InChI is InChI=1S/C27H34F4N6O2/c1-17-14-19(27(29,30)31)15-23(33-17)37-22(8-9-24(37)38)26(39)35(4)21-7-5-6-20(28)25(21)34(3)16-18(2)36-12-10-32-11-13-36/h5-7,14-15,18,22,32H,8-13,16H2,1-4H3. The van der Waals surface area contributed by atoms with Crippen LogP contribution in [0.5, 0.6) is 0 Å². The van der Waals surface area contributed by atoms with E-state index in [1.165, 1.54) is 31.0 Å². The number of hydrogen-bond donors (Lipinski definition) is 1. The number of para-hydroxylation sites is 1. The lowest BCUT2D eigenvalue weighted by Gasteiger charge is -2.36. The van der Waals surface area contributed by atoms with Gasteiger partial charge in [-0.05, 0) is 44.5 Å². The van der Waals surface area contributed by atoms with Crippen molar-refractivity contribution in [2.24, 2.45) is 0 Å². The first-order valence-electron chi connectivity index (χ1n) is 13.0. The van der Waals surface area contributed by atoms with Crippen LogP contribution in [0.15, 0.2) is 30.3 Å². The zero-order valence-electron chi connectivity index (χ0n) is 22.6. The van der Waals surface area contributed by atoms with Crippen LogP contribution in [0.2, 0.25) is 0 Å². The number of alkyl halides is 3. The molecule has 4 rings (SSSR count). The average Bonchev–Trinajstić information content (AvgIpc) is 3.28. The molecule has 12 heteroatoms. The smallest absolute Gasteiger partial charge is 0.369 e. The molecular formula is C27H34F4N6O2. The van der Waals surface area contributed by atoms with Crippen LogP contribution in [0.25, 0.3) is 0 Å². The van der Waals surface area contributed by atoms with E-state index in [9.17, 15) is 22.8 Å². The Morgan fingerprint density at radius 3 is 2.56 bits per heavy atom. The summed E-state index contributed by atoms with van der Waals surface area (Å²) in [7, 11) is 3.25. The van der Waals surface area contributed by atoms with Crippen LogP contribution < -0.4 is 20.0 Å². The van der Waals surface area contributed by atoms with Crippen molar-refractivity contribution in [3.05, 3.63) is 47.4 Å². The Labute approximate surface area is 225 Å². The van der Waals surface area contributed by atoms with Crippen molar-refractivity contribution in [1.82, 2.24) is 15.2 Å². The highest BCUT2D eigenvalue weighted by molar-refractivity contribution is 6.09. The van der Waals surface area contributed by atoms with Crippen LogP contribution in [-0.4, -0.2) is 80.6 Å². The van der Waals surface area contributed by atoms with Gasteiger partial charge in [-0.1, -0.05) is 6.07 Å². The summed E-state index contributed by atoms with van der Waals surface area (Å²) in [5.74, 6) is -1.75. The van der Waals surface area contributed by atoms with Crippen molar-refractivity contribution in [3.8, 4) is 0 Å². The first-order valence-corrected chi connectivity index (χ1v) is 13.0. The second-order valence-corrected chi connectivity index (χ2v) is 10.2. The second-order valence-electron chi connectivity index (χ2n) is 10.2. The molecule has 2 fully saturated rings. The summed E-state index contributed by atoms with van der Waals surface area (Å²) in [5, 5.41) is 3.31. The summed E-state index contributed by atoms with van der Waals surface area (Å²) in [6.07, 6.45) is -4.54. The molecule has 0 saturated carbocycles. The molecule has 0 radical (unpaired) electrons. The highest BCUT2D eigenvalue weighted by Crippen LogP contribution is 2.36. The van der Waals surface area contributed by atoms with E-state index in [1.807, 2.05) is 0 Å². The number of carbonyl (C=O) groups is 2. The number of pyridine rings is 1. The van der Waals surface area contributed by atoms with E-state index in [-0.39, 0.29) is 36.1 Å². The van der Waals surface area contributed by atoms with E-state index in [4.69, 9.17) is 0 Å². The van der Waals surface area contributed by atoms with Crippen LogP contribution in [0, 0.1) is 12.7 Å². The quantitative estimate of drug-likeness (QED) is 0.533. The minimum Gasteiger partial charge on any atom is -0.369 e. The number of carbonyl (C=O) groups excluding carboxylic acids is 2. The van der Waals surface area contributed by atoms with Gasteiger partial charge in [-0.2, -0.15) is 13.2 Å². The van der Waals surface area contributed by atoms with Gasteiger partial charge in [0.05, 0.1) is 16.9 Å². The van der Waals surface area contributed by atoms with Crippen molar-refractivity contribution >= 4 is 29.0 Å². The summed E-state index contributed by atoms with van der Waals surface area (Å²) < 4.78 is 55.6. The topological polar surface area (TPSA) is 72.0 Å². The fraction of sp³-hybridized carbons (Fsp3) is 0.519. The third-order valence-corrected chi connectivity index (χ3v) is 7.36. The van der Waals surface area contributed by atoms with E-state index < -0.39 is 35.4 Å². The molecule has 0 spiro atoms. The molecule has 8 nitrogen and oxygen atoms in total. The van der Waals surface area contributed by atoms with E-state index in [0.717, 1.165) is 43.2 Å². The van der Waals surface area contributed by atoms with Gasteiger partial charge in [0.1, 0.15) is 17.7 Å². The van der Waals surface area contributed by atoms with Crippen molar-refractivity contribution in [2.45, 2.75) is 44.9 Å². The predicted molar refractivity (Wildman–Crippen MR) is 141 cm³/mol. The molecule has 1 N–H and O–H groups in total. The van der Waals surface area contributed by atoms with E-state index in [0.29, 0.717) is 12.2 Å². The van der Waals surface area contributed by atoms with Gasteiger partial charge in [0, 0.05) is 65.0 Å². The summed E-state index contributed by atoms with van der Waals surface area (Å²) in [5.41, 5.74) is -0.328. The number of aromatic nitrogens is 1. The monoisotopic (exact) mass is 550 g/mol. The first-order chi connectivity index (χ1) is 18.4. The summed E-state index contributed by atoms with van der Waals surface area (Å²) >= 11 is 0. The summed E-state index contributed by atoms with van der Waals surface area (Å²) in [6, 6.07) is 5.18. The Morgan fingerprint density at radius 2 is 1.90 bits per heavy atom. The molecule has 39 heavy (non-hydrogen) atoms. The molecule has 1 aromatic carbocycles. The Morgan fingerprint density at radius 1 is 1.21 bits per heavy atom. The Kier molecular flexibility index (Phi) is 8.45. The van der Waals surface area contributed by atoms with E-state index in [2.05, 4.69) is 22.1 Å². The van der Waals surface area contributed by atoms with Crippen molar-refractivity contribution in [3.63, 3.8) is 0 Å². The molecule has 2 aromatic rings. The maximum Gasteiger partial charge on any atom is 0.416 e. The second kappa shape index (κ2) is 11.5. The molecule has 3 heterocycles. The van der Waals surface area contributed by atoms with Crippen LogP contribution in [-0.2, 0) is 15.8 Å². The third-order valence-electron chi connectivity index (χ3n) is 7.36. The molecular weight excluding hydrogens is 516 g/mol. The van der Waals surface area contributed by atoms with Crippen LogP contribution in [0.3, 0.4) is 0 Å².